The van der Waals surface area contributed by atoms with E-state index in [1.807, 2.05) is 29.2 Å². The highest BCUT2D eigenvalue weighted by molar-refractivity contribution is 7.20. The largest absolute Gasteiger partial charge is 0.335 e. The lowest BCUT2D eigenvalue weighted by molar-refractivity contribution is 0.0633. The van der Waals surface area contributed by atoms with Gasteiger partial charge in [-0.1, -0.05) is 18.2 Å². The van der Waals surface area contributed by atoms with E-state index in [9.17, 15) is 9.18 Å². The number of fused-ring (bicyclic) bond motifs is 2. The van der Waals surface area contributed by atoms with Gasteiger partial charge in [-0.05, 0) is 30.3 Å². The number of para-hydroxylation sites is 1. The third kappa shape index (κ3) is 3.30. The molecule has 0 atom stereocenters. The smallest absolute Gasteiger partial charge is 0.264 e. The van der Waals surface area contributed by atoms with Crippen LogP contribution in [0, 0.1) is 5.82 Å². The second kappa shape index (κ2) is 7.24. The molecule has 5 rings (SSSR count). The first kappa shape index (κ1) is 17.7. The summed E-state index contributed by atoms with van der Waals surface area (Å²) >= 11 is 3.10. The minimum atomic E-state index is -0.270. The Bertz CT molecular complexity index is 1130. The van der Waals surface area contributed by atoms with Crippen LogP contribution < -0.4 is 0 Å². The minimum Gasteiger partial charge on any atom is -0.335 e. The summed E-state index contributed by atoms with van der Waals surface area (Å²) in [6.45, 7) is 3.82. The highest BCUT2D eigenvalue weighted by Crippen LogP contribution is 2.29. The molecule has 4 aromatic rings. The first-order chi connectivity index (χ1) is 13.7. The lowest BCUT2D eigenvalue weighted by Gasteiger charge is -2.34. The van der Waals surface area contributed by atoms with Crippen LogP contribution >= 0.6 is 22.7 Å². The summed E-state index contributed by atoms with van der Waals surface area (Å²) in [6, 6.07) is 14.8. The zero-order valence-electron chi connectivity index (χ0n) is 15.1. The van der Waals surface area contributed by atoms with E-state index < -0.39 is 0 Å². The number of amides is 1. The summed E-state index contributed by atoms with van der Waals surface area (Å²) in [4.78, 5) is 22.4. The predicted molar refractivity (Wildman–Crippen MR) is 113 cm³/mol. The number of thiazole rings is 1. The van der Waals surface area contributed by atoms with Crippen molar-refractivity contribution in [3.05, 3.63) is 64.2 Å². The quantitative estimate of drug-likeness (QED) is 0.494. The molecule has 0 bridgehead atoms. The number of aromatic nitrogens is 1. The standard InChI is InChI=1S/C21H18FN3OS2/c22-15-4-3-7-17-14(15)12-19(27-17)21(26)25-10-8-24(9-11-25)13-20-23-16-5-1-2-6-18(16)28-20/h1-7,12H,8-11,13H2. The summed E-state index contributed by atoms with van der Waals surface area (Å²) in [7, 11) is 0. The molecule has 1 saturated heterocycles. The molecule has 28 heavy (non-hydrogen) atoms. The van der Waals surface area contributed by atoms with Gasteiger partial charge in [0.1, 0.15) is 10.8 Å². The number of halogens is 1. The number of nitrogens with zero attached hydrogens (tertiary/aromatic N) is 3. The maximum Gasteiger partial charge on any atom is 0.264 e. The van der Waals surface area contributed by atoms with Crippen molar-refractivity contribution in [3.8, 4) is 0 Å². The summed E-state index contributed by atoms with van der Waals surface area (Å²) < 4.78 is 15.9. The highest BCUT2D eigenvalue weighted by Gasteiger charge is 2.24. The Morgan fingerprint density at radius 3 is 2.57 bits per heavy atom. The van der Waals surface area contributed by atoms with E-state index in [1.165, 1.54) is 22.1 Å². The topological polar surface area (TPSA) is 36.4 Å². The van der Waals surface area contributed by atoms with E-state index in [2.05, 4.69) is 11.0 Å². The van der Waals surface area contributed by atoms with Gasteiger partial charge in [-0.15, -0.1) is 22.7 Å². The Kier molecular flexibility index (Phi) is 4.58. The normalized spacial score (nSPS) is 15.5. The van der Waals surface area contributed by atoms with Crippen molar-refractivity contribution in [2.75, 3.05) is 26.2 Å². The molecule has 7 heteroatoms. The number of carbonyl (C=O) groups excluding carboxylic acids is 1. The van der Waals surface area contributed by atoms with Gasteiger partial charge in [0.25, 0.3) is 5.91 Å². The molecule has 1 fully saturated rings. The molecular formula is C21H18FN3OS2. The molecule has 0 saturated carbocycles. The van der Waals surface area contributed by atoms with E-state index >= 15 is 0 Å². The highest BCUT2D eigenvalue weighted by atomic mass is 32.1. The maximum absolute atomic E-state index is 13.9. The van der Waals surface area contributed by atoms with Gasteiger partial charge in [-0.3, -0.25) is 9.69 Å². The van der Waals surface area contributed by atoms with Crippen molar-refractivity contribution >= 4 is 48.9 Å². The molecule has 3 heterocycles. The fraction of sp³-hybridized carbons (Fsp3) is 0.238. The Morgan fingerprint density at radius 1 is 1.00 bits per heavy atom. The van der Waals surface area contributed by atoms with Crippen LogP contribution in [0.25, 0.3) is 20.3 Å². The average Bonchev–Trinajstić information content (AvgIpc) is 3.32. The molecule has 0 unspecified atom stereocenters. The zero-order valence-corrected chi connectivity index (χ0v) is 16.7. The van der Waals surface area contributed by atoms with Crippen molar-refractivity contribution in [1.29, 1.82) is 0 Å². The van der Waals surface area contributed by atoms with Gasteiger partial charge in [0.05, 0.1) is 21.6 Å². The summed E-state index contributed by atoms with van der Waals surface area (Å²) in [5.74, 6) is -0.270. The van der Waals surface area contributed by atoms with E-state index in [0.717, 1.165) is 34.9 Å². The van der Waals surface area contributed by atoms with Gasteiger partial charge in [0.2, 0.25) is 0 Å². The molecule has 4 nitrogen and oxygen atoms in total. The second-order valence-electron chi connectivity index (χ2n) is 6.91. The first-order valence-electron chi connectivity index (χ1n) is 9.21. The van der Waals surface area contributed by atoms with Gasteiger partial charge in [0, 0.05) is 36.3 Å². The van der Waals surface area contributed by atoms with Gasteiger partial charge in [0.15, 0.2) is 0 Å². The molecule has 2 aromatic carbocycles. The molecule has 0 aliphatic carbocycles. The van der Waals surface area contributed by atoms with Crippen molar-refractivity contribution in [2.24, 2.45) is 0 Å². The molecule has 0 spiro atoms. The molecule has 0 N–H and O–H groups in total. The lowest BCUT2D eigenvalue weighted by atomic mass is 10.2. The Balaban J connectivity index is 1.24. The van der Waals surface area contributed by atoms with Crippen molar-refractivity contribution in [3.63, 3.8) is 0 Å². The Labute approximate surface area is 169 Å². The van der Waals surface area contributed by atoms with Crippen LogP contribution in [0.15, 0.2) is 48.5 Å². The first-order valence-corrected chi connectivity index (χ1v) is 10.8. The third-order valence-electron chi connectivity index (χ3n) is 5.08. The van der Waals surface area contributed by atoms with Gasteiger partial charge in [-0.2, -0.15) is 0 Å². The summed E-state index contributed by atoms with van der Waals surface area (Å²) in [5.41, 5.74) is 1.05. The predicted octanol–water partition coefficient (Wildman–Crippen LogP) is 4.61. The number of piperazine rings is 1. The van der Waals surface area contributed by atoms with Crippen LogP contribution in [0.2, 0.25) is 0 Å². The molecule has 0 radical (unpaired) electrons. The third-order valence-corrected chi connectivity index (χ3v) is 7.19. The van der Waals surface area contributed by atoms with Crippen LogP contribution in [-0.2, 0) is 6.54 Å². The average molecular weight is 412 g/mol. The Morgan fingerprint density at radius 2 is 1.79 bits per heavy atom. The second-order valence-corrected chi connectivity index (χ2v) is 9.10. The molecule has 1 amide bonds. The van der Waals surface area contributed by atoms with Crippen molar-refractivity contribution < 1.29 is 9.18 Å². The summed E-state index contributed by atoms with van der Waals surface area (Å²) in [6.07, 6.45) is 0. The number of benzene rings is 2. The van der Waals surface area contributed by atoms with Gasteiger partial charge < -0.3 is 4.90 Å². The lowest BCUT2D eigenvalue weighted by Crippen LogP contribution is -2.48. The van der Waals surface area contributed by atoms with Gasteiger partial charge in [-0.25, -0.2) is 9.37 Å². The Hall–Kier alpha value is -2.35. The monoisotopic (exact) mass is 411 g/mol. The number of carbonyl (C=O) groups is 1. The number of thiophene rings is 1. The zero-order chi connectivity index (χ0) is 19.1. The van der Waals surface area contributed by atoms with E-state index in [0.29, 0.717) is 23.4 Å². The number of hydrogen-bond acceptors (Lipinski definition) is 5. The summed E-state index contributed by atoms with van der Waals surface area (Å²) in [5, 5.41) is 1.64. The van der Waals surface area contributed by atoms with Crippen LogP contribution in [0.1, 0.15) is 14.7 Å². The van der Waals surface area contributed by atoms with Crippen LogP contribution in [0.5, 0.6) is 0 Å². The van der Waals surface area contributed by atoms with Gasteiger partial charge >= 0.3 is 0 Å². The molecular weight excluding hydrogens is 393 g/mol. The van der Waals surface area contributed by atoms with Crippen molar-refractivity contribution in [2.45, 2.75) is 6.54 Å². The van der Waals surface area contributed by atoms with Crippen LogP contribution in [-0.4, -0.2) is 46.9 Å². The SMILES string of the molecule is O=C(c1cc2c(F)cccc2s1)N1CCN(Cc2nc3ccccc3s2)CC1. The van der Waals surface area contributed by atoms with E-state index in [4.69, 9.17) is 4.98 Å². The molecule has 2 aromatic heterocycles. The fourth-order valence-corrected chi connectivity index (χ4v) is 5.63. The molecule has 1 aliphatic rings. The fourth-order valence-electron chi connectivity index (χ4n) is 3.57. The van der Waals surface area contributed by atoms with E-state index in [1.54, 1.807) is 23.5 Å². The number of hydrogen-bond donors (Lipinski definition) is 0. The molecule has 142 valence electrons. The van der Waals surface area contributed by atoms with Crippen LogP contribution in [0.4, 0.5) is 4.39 Å². The maximum atomic E-state index is 13.9. The number of rotatable bonds is 3. The van der Waals surface area contributed by atoms with E-state index in [-0.39, 0.29) is 11.7 Å². The molecule has 1 aliphatic heterocycles. The van der Waals surface area contributed by atoms with Crippen LogP contribution in [0.3, 0.4) is 0 Å². The van der Waals surface area contributed by atoms with Crippen molar-refractivity contribution in [1.82, 2.24) is 14.8 Å². The minimum absolute atomic E-state index is 0.000220.